The number of nitrogens with one attached hydrogen (secondary N) is 3. The van der Waals surface area contributed by atoms with E-state index >= 15 is 0 Å². The summed E-state index contributed by atoms with van der Waals surface area (Å²) in [6, 6.07) is 20.2. The number of methoxy groups -OCH3 is 1. The Hall–Kier alpha value is -4.04. The van der Waals surface area contributed by atoms with Crippen molar-refractivity contribution >= 4 is 39.8 Å². The first-order valence-corrected chi connectivity index (χ1v) is 9.86. The molecule has 3 N–H and O–H groups in total. The van der Waals surface area contributed by atoms with E-state index in [1.807, 2.05) is 60.7 Å². The van der Waals surface area contributed by atoms with Crippen molar-refractivity contribution < 1.29 is 9.53 Å². The van der Waals surface area contributed by atoms with Crippen LogP contribution in [0.25, 0.3) is 22.2 Å². The molecule has 0 aliphatic heterocycles. The second kappa shape index (κ2) is 9.19. The summed E-state index contributed by atoms with van der Waals surface area (Å²) >= 11 is 5.28. The molecule has 1 amide bonds. The highest BCUT2D eigenvalue weighted by atomic mass is 32.1. The first-order valence-electron chi connectivity index (χ1n) is 9.45. The molecule has 2 aromatic heterocycles. The van der Waals surface area contributed by atoms with E-state index in [-0.39, 0.29) is 11.0 Å². The van der Waals surface area contributed by atoms with Gasteiger partial charge in [0.1, 0.15) is 5.75 Å². The molecule has 154 valence electrons. The molecule has 2 aromatic carbocycles. The number of carbonyl (C=O) groups is 1. The second-order valence-corrected chi connectivity index (χ2v) is 6.98. The van der Waals surface area contributed by atoms with E-state index in [0.717, 1.165) is 27.9 Å². The van der Waals surface area contributed by atoms with Crippen molar-refractivity contribution in [3.05, 3.63) is 84.7 Å². The lowest BCUT2D eigenvalue weighted by molar-refractivity contribution is 0.0946. The lowest BCUT2D eigenvalue weighted by Gasteiger charge is -2.14. The van der Waals surface area contributed by atoms with Gasteiger partial charge in [-0.15, -0.1) is 0 Å². The number of nitrogens with zero attached hydrogens (tertiary/aromatic N) is 2. The van der Waals surface area contributed by atoms with Crippen LogP contribution in [0.1, 0.15) is 10.4 Å². The largest absolute Gasteiger partial charge is 0.497 e. The van der Waals surface area contributed by atoms with Crippen LogP contribution in [0, 0.1) is 0 Å². The number of ether oxygens (including phenoxy) is 1. The van der Waals surface area contributed by atoms with Gasteiger partial charge in [-0.2, -0.15) is 0 Å². The van der Waals surface area contributed by atoms with Crippen molar-refractivity contribution in [3.8, 4) is 17.0 Å². The van der Waals surface area contributed by atoms with Crippen LogP contribution in [0.15, 0.2) is 79.1 Å². The number of hydrogen-bond donors (Lipinski definition) is 3. The molecule has 0 spiro atoms. The van der Waals surface area contributed by atoms with Gasteiger partial charge < -0.3 is 10.1 Å². The molecule has 7 nitrogen and oxygen atoms in total. The van der Waals surface area contributed by atoms with Gasteiger partial charge in [0.2, 0.25) is 0 Å². The minimum Gasteiger partial charge on any atom is -0.497 e. The van der Waals surface area contributed by atoms with Crippen LogP contribution in [0.4, 0.5) is 5.69 Å². The number of hydrogen-bond acceptors (Lipinski definition) is 5. The number of rotatable bonds is 4. The predicted octanol–water partition coefficient (Wildman–Crippen LogP) is 3.94. The van der Waals surface area contributed by atoms with Crippen molar-refractivity contribution in [1.82, 2.24) is 20.8 Å². The highest BCUT2D eigenvalue weighted by molar-refractivity contribution is 7.80. The van der Waals surface area contributed by atoms with Crippen molar-refractivity contribution in [2.45, 2.75) is 0 Å². The molecule has 4 aromatic rings. The minimum absolute atomic E-state index is 0.256. The van der Waals surface area contributed by atoms with Crippen LogP contribution in [-0.2, 0) is 0 Å². The van der Waals surface area contributed by atoms with E-state index in [9.17, 15) is 4.79 Å². The summed E-state index contributed by atoms with van der Waals surface area (Å²) in [4.78, 5) is 21.7. The average molecular weight is 430 g/mol. The summed E-state index contributed by atoms with van der Waals surface area (Å²) in [6.07, 6.45) is 3.38. The first-order chi connectivity index (χ1) is 15.1. The van der Waals surface area contributed by atoms with E-state index < -0.39 is 0 Å². The molecule has 0 aliphatic rings. The molecule has 0 radical (unpaired) electrons. The fraction of sp³-hybridized carbons (Fsp3) is 0.0435. The van der Waals surface area contributed by atoms with Gasteiger partial charge in [-0.3, -0.25) is 20.6 Å². The van der Waals surface area contributed by atoms with E-state index in [0.29, 0.717) is 11.3 Å². The summed E-state index contributed by atoms with van der Waals surface area (Å²) in [5, 5.41) is 4.01. The minimum atomic E-state index is -0.326. The SMILES string of the molecule is COc1ccc(NC(=S)NNC(=O)c2cc(-c3ccncc3)nc3ccccc23)cc1. The summed E-state index contributed by atoms with van der Waals surface area (Å²) < 4.78 is 5.14. The Morgan fingerprint density at radius 2 is 1.71 bits per heavy atom. The Bertz CT molecular complexity index is 1230. The van der Waals surface area contributed by atoms with Gasteiger partial charge in [-0.25, -0.2) is 4.98 Å². The van der Waals surface area contributed by atoms with Crippen molar-refractivity contribution in [1.29, 1.82) is 0 Å². The Balaban J connectivity index is 1.52. The lowest BCUT2D eigenvalue weighted by atomic mass is 10.0. The smallest absolute Gasteiger partial charge is 0.270 e. The molecule has 8 heteroatoms. The van der Waals surface area contributed by atoms with Crippen LogP contribution in [0.3, 0.4) is 0 Å². The van der Waals surface area contributed by atoms with E-state index in [1.165, 1.54) is 0 Å². The Morgan fingerprint density at radius 3 is 2.45 bits per heavy atom. The maximum absolute atomic E-state index is 13.0. The molecular weight excluding hydrogens is 410 g/mol. The monoisotopic (exact) mass is 429 g/mol. The van der Waals surface area contributed by atoms with Crippen LogP contribution in [0.5, 0.6) is 5.75 Å². The first kappa shape index (κ1) is 20.2. The number of aromatic nitrogens is 2. The number of anilines is 1. The normalized spacial score (nSPS) is 10.4. The fourth-order valence-electron chi connectivity index (χ4n) is 3.05. The quantitative estimate of drug-likeness (QED) is 0.335. The van der Waals surface area contributed by atoms with E-state index in [1.54, 1.807) is 25.6 Å². The average Bonchev–Trinajstić information content (AvgIpc) is 2.83. The van der Waals surface area contributed by atoms with Crippen molar-refractivity contribution in [2.75, 3.05) is 12.4 Å². The summed E-state index contributed by atoms with van der Waals surface area (Å²) in [5.41, 5.74) is 8.93. The third-order valence-corrected chi connectivity index (χ3v) is 4.78. The van der Waals surface area contributed by atoms with Gasteiger partial charge in [-0.1, -0.05) is 18.2 Å². The van der Waals surface area contributed by atoms with Crippen LogP contribution < -0.4 is 20.9 Å². The third-order valence-electron chi connectivity index (χ3n) is 4.57. The number of benzene rings is 2. The summed E-state index contributed by atoms with van der Waals surface area (Å²) in [7, 11) is 1.60. The molecule has 0 aliphatic carbocycles. The van der Waals surface area contributed by atoms with Gasteiger partial charge in [0.05, 0.1) is 23.9 Å². The predicted molar refractivity (Wildman–Crippen MR) is 125 cm³/mol. The molecule has 0 bridgehead atoms. The Labute approximate surface area is 184 Å². The topological polar surface area (TPSA) is 88.2 Å². The van der Waals surface area contributed by atoms with Gasteiger partial charge in [0.15, 0.2) is 5.11 Å². The zero-order valence-electron chi connectivity index (χ0n) is 16.6. The molecule has 4 rings (SSSR count). The van der Waals surface area contributed by atoms with Crippen LogP contribution in [0.2, 0.25) is 0 Å². The molecule has 0 unspecified atom stereocenters. The van der Waals surface area contributed by atoms with Crippen molar-refractivity contribution in [2.24, 2.45) is 0 Å². The number of hydrazine groups is 1. The highest BCUT2D eigenvalue weighted by Crippen LogP contribution is 2.24. The van der Waals surface area contributed by atoms with Gasteiger partial charge >= 0.3 is 0 Å². The highest BCUT2D eigenvalue weighted by Gasteiger charge is 2.14. The summed E-state index contributed by atoms with van der Waals surface area (Å²) in [6.45, 7) is 0. The van der Waals surface area contributed by atoms with Gasteiger partial charge in [0, 0.05) is 29.0 Å². The zero-order valence-corrected chi connectivity index (χ0v) is 17.4. The van der Waals surface area contributed by atoms with Crippen LogP contribution in [-0.4, -0.2) is 28.1 Å². The lowest BCUT2D eigenvalue weighted by Crippen LogP contribution is -2.43. The standard InChI is InChI=1S/C23H19N5O2S/c1-30-17-8-6-16(7-9-17)25-23(31)28-27-22(29)19-14-21(15-10-12-24-13-11-15)26-20-5-3-2-4-18(19)20/h2-14H,1H3,(H,27,29)(H2,25,28,31). The van der Waals surface area contributed by atoms with Crippen LogP contribution >= 0.6 is 12.2 Å². The number of thiocarbonyl (C=S) groups is 1. The number of amides is 1. The van der Waals surface area contributed by atoms with Crippen molar-refractivity contribution in [3.63, 3.8) is 0 Å². The summed E-state index contributed by atoms with van der Waals surface area (Å²) in [5.74, 6) is 0.417. The Kier molecular flexibility index (Phi) is 6.00. The van der Waals surface area contributed by atoms with E-state index in [2.05, 4.69) is 26.1 Å². The number of carbonyl (C=O) groups excluding carboxylic acids is 1. The molecule has 0 fully saturated rings. The number of pyridine rings is 2. The molecule has 0 saturated carbocycles. The van der Waals surface area contributed by atoms with E-state index in [4.69, 9.17) is 17.0 Å². The molecule has 2 heterocycles. The third kappa shape index (κ3) is 4.76. The van der Waals surface area contributed by atoms with Gasteiger partial charge in [0.25, 0.3) is 5.91 Å². The maximum Gasteiger partial charge on any atom is 0.270 e. The number of para-hydroxylation sites is 1. The second-order valence-electron chi connectivity index (χ2n) is 6.57. The maximum atomic E-state index is 13.0. The molecule has 0 saturated heterocycles. The fourth-order valence-corrected chi connectivity index (χ4v) is 3.22. The molecule has 0 atom stereocenters. The zero-order chi connectivity index (χ0) is 21.6. The molecule has 31 heavy (non-hydrogen) atoms. The molecular formula is C23H19N5O2S. The Morgan fingerprint density at radius 1 is 0.968 bits per heavy atom. The van der Waals surface area contributed by atoms with Gasteiger partial charge in [-0.05, 0) is 60.7 Å². The number of fused-ring (bicyclic) bond motifs is 1.